The number of carbonyl (C=O) groups excluding carboxylic acids is 1. The highest BCUT2D eigenvalue weighted by Crippen LogP contribution is 2.26. The van der Waals surface area contributed by atoms with E-state index in [1.807, 2.05) is 11.4 Å². The van der Waals surface area contributed by atoms with Crippen molar-refractivity contribution in [2.75, 3.05) is 36.0 Å². The molecule has 2 aliphatic rings. The number of hydrogen-bond donors (Lipinski definition) is 3. The lowest BCUT2D eigenvalue weighted by atomic mass is 10.1. The van der Waals surface area contributed by atoms with Crippen molar-refractivity contribution in [3.63, 3.8) is 0 Å². The van der Waals surface area contributed by atoms with Gasteiger partial charge in [0.05, 0.1) is 17.3 Å². The predicted octanol–water partition coefficient (Wildman–Crippen LogP) is 2.96. The zero-order chi connectivity index (χ0) is 27.4. The normalized spacial score (nSPS) is 18.4. The molecule has 0 radical (unpaired) electrons. The second-order valence-electron chi connectivity index (χ2n) is 9.15. The van der Waals surface area contributed by atoms with E-state index in [1.165, 1.54) is 11.3 Å². The Kier molecular flexibility index (Phi) is 8.41. The molecule has 1 atom stereocenters. The summed E-state index contributed by atoms with van der Waals surface area (Å²) in [6.07, 6.45) is 2.11. The first-order valence-corrected chi connectivity index (χ1v) is 13.1. The number of carboxylic acid groups (broad SMARTS) is 1. The summed E-state index contributed by atoms with van der Waals surface area (Å²) in [5.41, 5.74) is 2.64. The summed E-state index contributed by atoms with van der Waals surface area (Å²) in [5, 5.41) is 22.7. The molecular weight excluding hydrogens is 525 g/mol. The van der Waals surface area contributed by atoms with Crippen molar-refractivity contribution in [3.05, 3.63) is 41.3 Å². The molecule has 0 bridgehead atoms. The highest BCUT2D eigenvalue weighted by molar-refractivity contribution is 7.13. The van der Waals surface area contributed by atoms with Gasteiger partial charge in [-0.15, -0.1) is 11.3 Å². The third kappa shape index (κ3) is 6.54. The number of fused-ring (bicyclic) bond motifs is 1. The van der Waals surface area contributed by atoms with Crippen LogP contribution in [-0.4, -0.2) is 81.0 Å². The predicted molar refractivity (Wildman–Crippen MR) is 136 cm³/mol. The summed E-state index contributed by atoms with van der Waals surface area (Å²) in [6.45, 7) is 5.29. The molecule has 5 heterocycles. The smallest absolute Gasteiger partial charge is 0.475 e. The molecule has 38 heavy (non-hydrogen) atoms. The van der Waals surface area contributed by atoms with E-state index in [2.05, 4.69) is 49.9 Å². The Hall–Kier alpha value is -3.39. The highest BCUT2D eigenvalue weighted by Gasteiger charge is 2.38. The first-order valence-electron chi connectivity index (χ1n) is 12.3. The number of aliphatic carboxylic acids is 1. The lowest BCUT2D eigenvalue weighted by Gasteiger charge is -2.29. The molecule has 2 aliphatic heterocycles. The third-order valence-corrected chi connectivity index (χ3v) is 7.33. The number of carbonyl (C=O) groups is 2. The van der Waals surface area contributed by atoms with Crippen molar-refractivity contribution in [2.45, 2.75) is 50.9 Å². The zero-order valence-corrected chi connectivity index (χ0v) is 21.5. The first-order chi connectivity index (χ1) is 18.0. The Morgan fingerprint density at radius 2 is 1.84 bits per heavy atom. The van der Waals surface area contributed by atoms with Crippen LogP contribution in [0.3, 0.4) is 0 Å². The summed E-state index contributed by atoms with van der Waals surface area (Å²) in [6, 6.07) is 4.20. The Bertz CT molecular complexity index is 1270. The van der Waals surface area contributed by atoms with E-state index < -0.39 is 12.1 Å². The number of thiazole rings is 1. The molecule has 3 aromatic rings. The van der Waals surface area contributed by atoms with Crippen molar-refractivity contribution in [1.82, 2.24) is 19.7 Å². The van der Waals surface area contributed by atoms with Crippen LogP contribution in [0.1, 0.15) is 42.4 Å². The molecule has 0 aromatic carbocycles. The van der Waals surface area contributed by atoms with Crippen molar-refractivity contribution in [2.24, 2.45) is 0 Å². The summed E-state index contributed by atoms with van der Waals surface area (Å²) in [5.74, 6) is -1.88. The summed E-state index contributed by atoms with van der Waals surface area (Å²) in [4.78, 5) is 35.5. The molecule has 5 rings (SSSR count). The van der Waals surface area contributed by atoms with Gasteiger partial charge in [0, 0.05) is 50.0 Å². The molecule has 0 saturated carbocycles. The monoisotopic (exact) mass is 554 g/mol. The molecule has 0 aliphatic carbocycles. The number of nitrogens with zero attached hydrogens (tertiary/aromatic N) is 5. The van der Waals surface area contributed by atoms with E-state index in [0.717, 1.165) is 74.0 Å². The van der Waals surface area contributed by atoms with E-state index in [-0.39, 0.29) is 18.1 Å². The van der Waals surface area contributed by atoms with Gasteiger partial charge >= 0.3 is 12.1 Å². The maximum atomic E-state index is 12.8. The van der Waals surface area contributed by atoms with Gasteiger partial charge < -0.3 is 29.7 Å². The number of piperidine rings is 1. The quantitative estimate of drug-likeness (QED) is 0.440. The molecule has 2 saturated heterocycles. The molecule has 206 valence electrons. The first kappa shape index (κ1) is 27.6. The van der Waals surface area contributed by atoms with E-state index in [9.17, 15) is 23.1 Å². The fourth-order valence-electron chi connectivity index (χ4n) is 4.38. The van der Waals surface area contributed by atoms with Crippen molar-refractivity contribution < 1.29 is 33.0 Å². The van der Waals surface area contributed by atoms with Crippen LogP contribution in [0, 0.1) is 0 Å². The van der Waals surface area contributed by atoms with Crippen LogP contribution in [0.2, 0.25) is 0 Å². The van der Waals surface area contributed by atoms with Gasteiger partial charge in [-0.2, -0.15) is 13.2 Å². The fourth-order valence-corrected chi connectivity index (χ4v) is 5.24. The fraction of sp³-hybridized carbons (Fsp3) is 0.500. The number of halogens is 3. The van der Waals surface area contributed by atoms with E-state index in [4.69, 9.17) is 14.9 Å². The van der Waals surface area contributed by atoms with Crippen molar-refractivity contribution in [1.29, 1.82) is 0 Å². The number of anilines is 2. The number of aliphatic hydroxyl groups excluding tert-OH is 1. The summed E-state index contributed by atoms with van der Waals surface area (Å²) in [7, 11) is 0. The minimum absolute atomic E-state index is 0.0740. The van der Waals surface area contributed by atoms with Crippen LogP contribution in [-0.2, 0) is 11.2 Å². The van der Waals surface area contributed by atoms with Gasteiger partial charge in [-0.1, -0.05) is 6.92 Å². The Morgan fingerprint density at radius 3 is 2.50 bits per heavy atom. The van der Waals surface area contributed by atoms with Gasteiger partial charge in [-0.05, 0) is 37.8 Å². The second-order valence-corrected chi connectivity index (χ2v) is 9.99. The molecule has 2 fully saturated rings. The number of hydrogen-bond acceptors (Lipinski definition) is 8. The minimum Gasteiger partial charge on any atom is -0.475 e. The Balaban J connectivity index is 0.000000426. The molecule has 0 spiro atoms. The van der Waals surface area contributed by atoms with Gasteiger partial charge in [0.25, 0.3) is 5.91 Å². The van der Waals surface area contributed by atoms with E-state index in [0.29, 0.717) is 5.69 Å². The van der Waals surface area contributed by atoms with Crippen LogP contribution in [0.15, 0.2) is 29.9 Å². The number of alkyl halides is 3. The number of aromatic nitrogens is 3. The SMILES string of the molecule is CCc1cn2cccc2c(N2CC[C@H](NC(=O)c3csc(N4CCC(O)CC4)n3)C2)n1.O=C(O)C(F)(F)F. The largest absolute Gasteiger partial charge is 0.490 e. The molecule has 1 amide bonds. The van der Waals surface area contributed by atoms with Crippen LogP contribution < -0.4 is 15.1 Å². The average Bonchev–Trinajstić information content (AvgIpc) is 3.64. The second kappa shape index (κ2) is 11.6. The van der Waals surface area contributed by atoms with Crippen LogP contribution in [0.4, 0.5) is 24.1 Å². The highest BCUT2D eigenvalue weighted by atomic mass is 32.1. The molecule has 3 aromatic heterocycles. The molecule has 10 nitrogen and oxygen atoms in total. The lowest BCUT2D eigenvalue weighted by Crippen LogP contribution is -2.38. The van der Waals surface area contributed by atoms with Gasteiger partial charge in [-0.25, -0.2) is 14.8 Å². The topological polar surface area (TPSA) is 123 Å². The summed E-state index contributed by atoms with van der Waals surface area (Å²) >= 11 is 1.50. The van der Waals surface area contributed by atoms with E-state index in [1.54, 1.807) is 0 Å². The maximum Gasteiger partial charge on any atom is 0.490 e. The third-order valence-electron chi connectivity index (χ3n) is 6.43. The Morgan fingerprint density at radius 1 is 1.16 bits per heavy atom. The number of rotatable bonds is 5. The maximum absolute atomic E-state index is 12.8. The lowest BCUT2D eigenvalue weighted by molar-refractivity contribution is -0.192. The molecule has 3 N–H and O–H groups in total. The summed E-state index contributed by atoms with van der Waals surface area (Å²) < 4.78 is 33.9. The van der Waals surface area contributed by atoms with Crippen molar-refractivity contribution in [3.8, 4) is 0 Å². The average molecular weight is 555 g/mol. The van der Waals surface area contributed by atoms with Gasteiger partial charge in [0.15, 0.2) is 10.9 Å². The number of aryl methyl sites for hydroxylation is 1. The standard InChI is InChI=1S/C22H28N6O2S.C2HF3O2/c1-2-15-12-27-8-3-4-19(27)20(23-15)28-9-5-16(13-28)24-21(30)18-14-31-22(25-18)26-10-6-17(29)7-11-26;3-2(4,5)1(6)7/h3-4,8,12,14,16-17,29H,2,5-7,9-11,13H2,1H3,(H,24,30);(H,6,7)/t16-;/m0./s1. The molecule has 14 heteroatoms. The number of aliphatic hydroxyl groups is 1. The van der Waals surface area contributed by atoms with Gasteiger partial charge in [0.1, 0.15) is 5.69 Å². The van der Waals surface area contributed by atoms with Gasteiger partial charge in [0.2, 0.25) is 0 Å². The molecule has 0 unspecified atom stereocenters. The Labute approximate surface area is 220 Å². The zero-order valence-electron chi connectivity index (χ0n) is 20.7. The van der Waals surface area contributed by atoms with Crippen LogP contribution >= 0.6 is 11.3 Å². The molecular formula is C24H29F3N6O4S. The van der Waals surface area contributed by atoms with Crippen LogP contribution in [0.5, 0.6) is 0 Å². The number of carboxylic acids is 1. The van der Waals surface area contributed by atoms with Gasteiger partial charge in [-0.3, -0.25) is 4.79 Å². The minimum atomic E-state index is -5.08. The van der Waals surface area contributed by atoms with Crippen LogP contribution in [0.25, 0.3) is 5.52 Å². The van der Waals surface area contributed by atoms with E-state index >= 15 is 0 Å². The number of amides is 1. The van der Waals surface area contributed by atoms with Crippen molar-refractivity contribution >= 4 is 39.7 Å². The number of nitrogens with one attached hydrogen (secondary N) is 1.